The lowest BCUT2D eigenvalue weighted by molar-refractivity contribution is -0.116. The Morgan fingerprint density at radius 1 is 1.20 bits per heavy atom. The molecule has 2 aromatic rings. The number of amides is 2. The third-order valence-corrected chi connectivity index (χ3v) is 6.66. The monoisotopic (exact) mass is 493 g/mol. The Morgan fingerprint density at radius 2 is 1.97 bits per heavy atom. The summed E-state index contributed by atoms with van der Waals surface area (Å²) >= 11 is 5.22. The molecule has 0 unspecified atom stereocenters. The molecule has 30 heavy (non-hydrogen) atoms. The predicted octanol–water partition coefficient (Wildman–Crippen LogP) is 4.20. The second-order valence-corrected chi connectivity index (χ2v) is 9.24. The highest BCUT2D eigenvalue weighted by atomic mass is 79.9. The summed E-state index contributed by atoms with van der Waals surface area (Å²) in [5, 5.41) is 5.60. The first-order chi connectivity index (χ1) is 14.4. The van der Waals surface area contributed by atoms with Crippen LogP contribution in [0.3, 0.4) is 0 Å². The average Bonchev–Trinajstić information content (AvgIpc) is 2.73. The summed E-state index contributed by atoms with van der Waals surface area (Å²) in [5.74, 6) is 1.23. The van der Waals surface area contributed by atoms with Crippen LogP contribution in [0.4, 0.5) is 10.1 Å². The first-order valence-electron chi connectivity index (χ1n) is 9.85. The van der Waals surface area contributed by atoms with E-state index < -0.39 is 11.7 Å². The van der Waals surface area contributed by atoms with Gasteiger partial charge in [-0.2, -0.15) is 11.8 Å². The number of anilines is 1. The van der Waals surface area contributed by atoms with E-state index in [2.05, 4.69) is 37.5 Å². The minimum atomic E-state index is -0.486. The Bertz CT molecular complexity index is 919. The van der Waals surface area contributed by atoms with Crippen molar-refractivity contribution in [3.8, 4) is 0 Å². The Hall–Kier alpha value is -1.90. The SMILES string of the molecule is Cc1c(CN2CCSCC2)cccc1NC(=O)CCNC(=O)c1cc(F)ccc1Br. The Balaban J connectivity index is 1.51. The molecule has 8 heteroatoms. The number of rotatable bonds is 7. The molecule has 2 aromatic carbocycles. The van der Waals surface area contributed by atoms with Crippen molar-refractivity contribution in [2.75, 3.05) is 36.5 Å². The normalized spacial score (nSPS) is 14.4. The molecule has 0 saturated carbocycles. The van der Waals surface area contributed by atoms with E-state index in [1.54, 1.807) is 0 Å². The van der Waals surface area contributed by atoms with Gasteiger partial charge in [-0.3, -0.25) is 14.5 Å². The molecule has 0 atom stereocenters. The van der Waals surface area contributed by atoms with Crippen LogP contribution >= 0.6 is 27.7 Å². The fourth-order valence-corrected chi connectivity index (χ4v) is 4.66. The van der Waals surface area contributed by atoms with Crippen LogP contribution in [0.2, 0.25) is 0 Å². The van der Waals surface area contributed by atoms with Crippen molar-refractivity contribution < 1.29 is 14.0 Å². The highest BCUT2D eigenvalue weighted by Gasteiger charge is 2.15. The van der Waals surface area contributed by atoms with Gasteiger partial charge in [-0.1, -0.05) is 12.1 Å². The molecule has 2 N–H and O–H groups in total. The van der Waals surface area contributed by atoms with Gasteiger partial charge in [0.1, 0.15) is 5.82 Å². The van der Waals surface area contributed by atoms with Crippen LogP contribution in [0.5, 0.6) is 0 Å². The van der Waals surface area contributed by atoms with Crippen LogP contribution in [-0.4, -0.2) is 47.9 Å². The predicted molar refractivity (Wildman–Crippen MR) is 123 cm³/mol. The molecule has 1 heterocycles. The molecule has 0 aliphatic carbocycles. The lowest BCUT2D eigenvalue weighted by Crippen LogP contribution is -2.32. The van der Waals surface area contributed by atoms with Crippen LogP contribution in [0.1, 0.15) is 27.9 Å². The van der Waals surface area contributed by atoms with E-state index in [1.807, 2.05) is 30.8 Å². The Labute approximate surface area is 188 Å². The Morgan fingerprint density at radius 3 is 2.73 bits per heavy atom. The van der Waals surface area contributed by atoms with Crippen LogP contribution in [0.15, 0.2) is 40.9 Å². The molecule has 0 bridgehead atoms. The van der Waals surface area contributed by atoms with E-state index in [4.69, 9.17) is 0 Å². The Kier molecular flexibility index (Phi) is 8.30. The number of nitrogens with one attached hydrogen (secondary N) is 2. The van der Waals surface area contributed by atoms with Gasteiger partial charge in [-0.25, -0.2) is 4.39 Å². The number of thioether (sulfide) groups is 1. The summed E-state index contributed by atoms with van der Waals surface area (Å²) in [5.41, 5.74) is 3.28. The number of carbonyl (C=O) groups is 2. The second-order valence-electron chi connectivity index (χ2n) is 7.16. The van der Waals surface area contributed by atoms with E-state index in [9.17, 15) is 14.0 Å². The number of hydrogen-bond acceptors (Lipinski definition) is 4. The standard InChI is InChI=1S/C22H25BrFN3O2S/c1-15-16(14-27-9-11-30-12-10-27)3-2-4-20(15)26-21(28)7-8-25-22(29)18-13-17(24)5-6-19(18)23/h2-6,13H,7-12,14H2,1H3,(H,25,29)(H,26,28). The molecule has 0 radical (unpaired) electrons. The number of nitrogens with zero attached hydrogens (tertiary/aromatic N) is 1. The van der Waals surface area contributed by atoms with Gasteiger partial charge in [0.25, 0.3) is 5.91 Å². The fraction of sp³-hybridized carbons (Fsp3) is 0.364. The van der Waals surface area contributed by atoms with Gasteiger partial charge in [0.15, 0.2) is 0 Å². The van der Waals surface area contributed by atoms with Crippen molar-refractivity contribution in [3.05, 3.63) is 63.4 Å². The zero-order valence-electron chi connectivity index (χ0n) is 16.8. The minimum absolute atomic E-state index is 0.131. The molecule has 1 saturated heterocycles. The minimum Gasteiger partial charge on any atom is -0.351 e. The van der Waals surface area contributed by atoms with E-state index in [-0.39, 0.29) is 24.4 Å². The van der Waals surface area contributed by atoms with Crippen LogP contribution in [0.25, 0.3) is 0 Å². The third-order valence-electron chi connectivity index (χ3n) is 5.03. The maximum absolute atomic E-state index is 13.3. The molecule has 0 spiro atoms. The smallest absolute Gasteiger partial charge is 0.252 e. The summed E-state index contributed by atoms with van der Waals surface area (Å²) in [6, 6.07) is 9.87. The summed E-state index contributed by atoms with van der Waals surface area (Å²) in [4.78, 5) is 27.0. The van der Waals surface area contributed by atoms with Gasteiger partial charge in [-0.15, -0.1) is 0 Å². The molecular formula is C22H25BrFN3O2S. The van der Waals surface area contributed by atoms with Crippen molar-refractivity contribution in [1.29, 1.82) is 0 Å². The van der Waals surface area contributed by atoms with Gasteiger partial charge in [0.2, 0.25) is 5.91 Å². The van der Waals surface area contributed by atoms with Crippen LogP contribution in [0, 0.1) is 12.7 Å². The number of halogens is 2. The van der Waals surface area contributed by atoms with Crippen molar-refractivity contribution in [2.45, 2.75) is 19.9 Å². The lowest BCUT2D eigenvalue weighted by Gasteiger charge is -2.27. The zero-order valence-corrected chi connectivity index (χ0v) is 19.2. The molecule has 1 aliphatic heterocycles. The van der Waals surface area contributed by atoms with Crippen molar-refractivity contribution in [3.63, 3.8) is 0 Å². The molecule has 3 rings (SSSR count). The van der Waals surface area contributed by atoms with Crippen molar-refractivity contribution in [2.24, 2.45) is 0 Å². The zero-order chi connectivity index (χ0) is 21.5. The van der Waals surface area contributed by atoms with Gasteiger partial charge in [0, 0.05) is 54.3 Å². The summed E-state index contributed by atoms with van der Waals surface area (Å²) in [7, 11) is 0. The van der Waals surface area contributed by atoms with Crippen LogP contribution < -0.4 is 10.6 Å². The largest absolute Gasteiger partial charge is 0.351 e. The molecule has 160 valence electrons. The van der Waals surface area contributed by atoms with E-state index in [0.717, 1.165) is 48.5 Å². The molecule has 2 amide bonds. The first kappa shape index (κ1) is 22.8. The van der Waals surface area contributed by atoms with Gasteiger partial charge < -0.3 is 10.6 Å². The van der Waals surface area contributed by atoms with E-state index in [0.29, 0.717) is 4.47 Å². The van der Waals surface area contributed by atoms with Crippen LogP contribution in [-0.2, 0) is 11.3 Å². The summed E-state index contributed by atoms with van der Waals surface area (Å²) in [6.07, 6.45) is 0.131. The number of carbonyl (C=O) groups excluding carboxylic acids is 2. The van der Waals surface area contributed by atoms with Gasteiger partial charge in [0.05, 0.1) is 5.56 Å². The lowest BCUT2D eigenvalue weighted by atomic mass is 10.1. The molecule has 1 aliphatic rings. The van der Waals surface area contributed by atoms with Gasteiger partial charge >= 0.3 is 0 Å². The molecule has 1 fully saturated rings. The van der Waals surface area contributed by atoms with Crippen molar-refractivity contribution in [1.82, 2.24) is 10.2 Å². The maximum atomic E-state index is 13.3. The average molecular weight is 494 g/mol. The summed E-state index contributed by atoms with van der Waals surface area (Å²) in [6.45, 7) is 5.24. The number of hydrogen-bond donors (Lipinski definition) is 2. The van der Waals surface area contributed by atoms with Crippen molar-refractivity contribution >= 4 is 45.2 Å². The molecular weight excluding hydrogens is 469 g/mol. The highest BCUT2D eigenvalue weighted by Crippen LogP contribution is 2.22. The molecule has 5 nitrogen and oxygen atoms in total. The number of benzene rings is 2. The third kappa shape index (κ3) is 6.30. The van der Waals surface area contributed by atoms with E-state index in [1.165, 1.54) is 17.7 Å². The molecule has 0 aromatic heterocycles. The van der Waals surface area contributed by atoms with E-state index >= 15 is 0 Å². The maximum Gasteiger partial charge on any atom is 0.252 e. The summed E-state index contributed by atoms with van der Waals surface area (Å²) < 4.78 is 13.9. The van der Waals surface area contributed by atoms with Gasteiger partial charge in [-0.05, 0) is 58.2 Å². The second kappa shape index (κ2) is 10.9. The topological polar surface area (TPSA) is 61.4 Å². The first-order valence-corrected chi connectivity index (χ1v) is 11.8. The fourth-order valence-electron chi connectivity index (χ4n) is 3.26. The highest BCUT2D eigenvalue weighted by molar-refractivity contribution is 9.10. The quantitative estimate of drug-likeness (QED) is 0.606.